The number of halogens is 1. The van der Waals surface area contributed by atoms with Crippen molar-refractivity contribution in [2.24, 2.45) is 7.05 Å². The minimum absolute atomic E-state index is 0.0955. The molecule has 7 nitrogen and oxygen atoms in total. The molecule has 0 unspecified atom stereocenters. The number of aryl methyl sites for hydroxylation is 1. The van der Waals surface area contributed by atoms with E-state index < -0.39 is 5.82 Å². The standard InChI is InChI=1S/C20H20FN5O2/c1-25-11-17-18(20(25)27)16(23-15-6-4-5-14(21)19(15)28-3)10-13(22-17)9-12-7-8-26(2)24-12/h4-8,10H,9,11H2,1-3H3,(H,22,23). The maximum Gasteiger partial charge on any atom is 0.257 e. The highest BCUT2D eigenvalue weighted by molar-refractivity contribution is 6.03. The van der Waals surface area contributed by atoms with Crippen LogP contribution in [0, 0.1) is 5.82 Å². The molecule has 1 aliphatic rings. The lowest BCUT2D eigenvalue weighted by atomic mass is 10.1. The summed E-state index contributed by atoms with van der Waals surface area (Å²) in [5, 5.41) is 7.56. The number of hydrogen-bond acceptors (Lipinski definition) is 5. The van der Waals surface area contributed by atoms with E-state index in [-0.39, 0.29) is 11.7 Å². The van der Waals surface area contributed by atoms with E-state index in [9.17, 15) is 9.18 Å². The summed E-state index contributed by atoms with van der Waals surface area (Å²) in [6.07, 6.45) is 2.40. The van der Waals surface area contributed by atoms with E-state index in [4.69, 9.17) is 4.74 Å². The first-order chi connectivity index (χ1) is 13.5. The molecule has 0 atom stereocenters. The molecule has 0 fully saturated rings. The molecule has 0 saturated heterocycles. The van der Waals surface area contributed by atoms with Crippen LogP contribution >= 0.6 is 0 Å². The molecule has 3 heterocycles. The van der Waals surface area contributed by atoms with Crippen LogP contribution in [0.25, 0.3) is 0 Å². The summed E-state index contributed by atoms with van der Waals surface area (Å²) in [6, 6.07) is 8.36. The van der Waals surface area contributed by atoms with Gasteiger partial charge < -0.3 is 15.0 Å². The largest absolute Gasteiger partial charge is 0.492 e. The third-order valence-electron chi connectivity index (χ3n) is 4.67. The smallest absolute Gasteiger partial charge is 0.257 e. The van der Waals surface area contributed by atoms with Gasteiger partial charge in [-0.1, -0.05) is 6.07 Å². The van der Waals surface area contributed by atoms with Crippen LogP contribution in [0.4, 0.5) is 15.8 Å². The van der Waals surface area contributed by atoms with Crippen molar-refractivity contribution in [3.63, 3.8) is 0 Å². The topological polar surface area (TPSA) is 72.3 Å². The van der Waals surface area contributed by atoms with Gasteiger partial charge in [0.1, 0.15) is 0 Å². The van der Waals surface area contributed by atoms with E-state index in [0.29, 0.717) is 35.6 Å². The van der Waals surface area contributed by atoms with E-state index in [1.807, 2.05) is 25.4 Å². The Morgan fingerprint density at radius 1 is 1.21 bits per heavy atom. The van der Waals surface area contributed by atoms with Crippen LogP contribution in [-0.2, 0) is 20.0 Å². The number of carbonyl (C=O) groups is 1. The van der Waals surface area contributed by atoms with Gasteiger partial charge in [-0.15, -0.1) is 0 Å². The second-order valence-electron chi connectivity index (χ2n) is 6.75. The van der Waals surface area contributed by atoms with E-state index in [1.165, 1.54) is 13.2 Å². The molecule has 0 spiro atoms. The average Bonchev–Trinajstić information content (AvgIpc) is 3.18. The number of pyridine rings is 1. The number of para-hydroxylation sites is 1. The Balaban J connectivity index is 1.77. The predicted octanol–water partition coefficient (Wildman–Crippen LogP) is 2.88. The third-order valence-corrected chi connectivity index (χ3v) is 4.67. The maximum absolute atomic E-state index is 14.1. The summed E-state index contributed by atoms with van der Waals surface area (Å²) >= 11 is 0. The molecule has 1 N–H and O–H groups in total. The van der Waals surface area contributed by atoms with Crippen LogP contribution < -0.4 is 10.1 Å². The molecule has 8 heteroatoms. The lowest BCUT2D eigenvalue weighted by Gasteiger charge is -2.15. The highest BCUT2D eigenvalue weighted by atomic mass is 19.1. The van der Waals surface area contributed by atoms with Crippen LogP contribution in [0.1, 0.15) is 27.4 Å². The van der Waals surface area contributed by atoms with Gasteiger partial charge in [0.05, 0.1) is 42.0 Å². The van der Waals surface area contributed by atoms with Crippen LogP contribution in [0.15, 0.2) is 36.5 Å². The number of anilines is 2. The van der Waals surface area contributed by atoms with Gasteiger partial charge in [0.2, 0.25) is 0 Å². The first-order valence-electron chi connectivity index (χ1n) is 8.82. The highest BCUT2D eigenvalue weighted by Crippen LogP contribution is 2.35. The van der Waals surface area contributed by atoms with Gasteiger partial charge in [-0.3, -0.25) is 14.5 Å². The number of amides is 1. The molecule has 2 aromatic heterocycles. The fraction of sp³-hybridized carbons (Fsp3) is 0.250. The molecule has 1 aromatic carbocycles. The number of fused-ring (bicyclic) bond motifs is 1. The second kappa shape index (κ2) is 6.95. The lowest BCUT2D eigenvalue weighted by molar-refractivity contribution is 0.0817. The lowest BCUT2D eigenvalue weighted by Crippen LogP contribution is -2.18. The number of benzene rings is 1. The van der Waals surface area contributed by atoms with Crippen LogP contribution in [-0.4, -0.2) is 39.7 Å². The number of nitrogens with zero attached hydrogens (tertiary/aromatic N) is 4. The SMILES string of the molecule is COc1c(F)cccc1Nc1cc(Cc2ccn(C)n2)nc2c1C(=O)N(C)C2. The van der Waals surface area contributed by atoms with Crippen molar-refractivity contribution in [1.82, 2.24) is 19.7 Å². The van der Waals surface area contributed by atoms with Gasteiger partial charge in [0.15, 0.2) is 11.6 Å². The molecule has 0 aliphatic carbocycles. The van der Waals surface area contributed by atoms with Crippen molar-refractivity contribution < 1.29 is 13.9 Å². The summed E-state index contributed by atoms with van der Waals surface area (Å²) in [7, 11) is 5.00. The van der Waals surface area contributed by atoms with Crippen molar-refractivity contribution in [3.05, 3.63) is 65.0 Å². The van der Waals surface area contributed by atoms with Gasteiger partial charge in [-0.2, -0.15) is 5.10 Å². The monoisotopic (exact) mass is 381 g/mol. The normalized spacial score (nSPS) is 13.0. The summed E-state index contributed by atoms with van der Waals surface area (Å²) in [5.74, 6) is -0.502. The molecule has 144 valence electrons. The predicted molar refractivity (Wildman–Crippen MR) is 102 cm³/mol. The highest BCUT2D eigenvalue weighted by Gasteiger charge is 2.30. The van der Waals surface area contributed by atoms with Crippen molar-refractivity contribution in [1.29, 1.82) is 0 Å². The number of hydrogen-bond donors (Lipinski definition) is 1. The van der Waals surface area contributed by atoms with Crippen LogP contribution in [0.5, 0.6) is 5.75 Å². The third kappa shape index (κ3) is 3.17. The number of aromatic nitrogens is 3. The fourth-order valence-electron chi connectivity index (χ4n) is 3.39. The molecular weight excluding hydrogens is 361 g/mol. The van der Waals surface area contributed by atoms with E-state index in [1.54, 1.807) is 28.8 Å². The molecule has 4 rings (SSSR count). The number of rotatable bonds is 5. The van der Waals surface area contributed by atoms with Crippen molar-refractivity contribution >= 4 is 17.3 Å². The van der Waals surface area contributed by atoms with Gasteiger partial charge in [-0.25, -0.2) is 4.39 Å². The van der Waals surface area contributed by atoms with Gasteiger partial charge in [-0.05, 0) is 24.3 Å². The summed E-state index contributed by atoms with van der Waals surface area (Å²) in [4.78, 5) is 18.9. The number of carbonyl (C=O) groups excluding carboxylic acids is 1. The minimum Gasteiger partial charge on any atom is -0.492 e. The van der Waals surface area contributed by atoms with Crippen molar-refractivity contribution in [2.45, 2.75) is 13.0 Å². The quantitative estimate of drug-likeness (QED) is 0.736. The van der Waals surface area contributed by atoms with E-state index in [2.05, 4.69) is 15.4 Å². The first kappa shape index (κ1) is 18.0. The Bertz CT molecular complexity index is 1060. The van der Waals surface area contributed by atoms with Crippen LogP contribution in [0.3, 0.4) is 0 Å². The molecule has 0 bridgehead atoms. The number of nitrogens with one attached hydrogen (secondary N) is 1. The Hall–Kier alpha value is -3.42. The Morgan fingerprint density at radius 3 is 2.75 bits per heavy atom. The Labute approximate surface area is 161 Å². The number of methoxy groups -OCH3 is 1. The zero-order valence-electron chi connectivity index (χ0n) is 15.9. The summed E-state index contributed by atoms with van der Waals surface area (Å²) < 4.78 is 21.0. The molecule has 0 radical (unpaired) electrons. The molecule has 1 amide bonds. The van der Waals surface area contributed by atoms with Crippen LogP contribution in [0.2, 0.25) is 0 Å². The molecular formula is C20H20FN5O2. The van der Waals surface area contributed by atoms with Gasteiger partial charge in [0.25, 0.3) is 5.91 Å². The Kier molecular flexibility index (Phi) is 4.46. The fourth-order valence-corrected chi connectivity index (χ4v) is 3.39. The summed E-state index contributed by atoms with van der Waals surface area (Å²) in [5.41, 5.74) is 3.87. The minimum atomic E-state index is -0.477. The molecule has 1 aliphatic heterocycles. The second-order valence-corrected chi connectivity index (χ2v) is 6.75. The zero-order chi connectivity index (χ0) is 19.8. The van der Waals surface area contributed by atoms with Crippen molar-refractivity contribution in [2.75, 3.05) is 19.5 Å². The van der Waals surface area contributed by atoms with Gasteiger partial charge in [0, 0.05) is 32.4 Å². The number of ether oxygens (including phenoxy) is 1. The van der Waals surface area contributed by atoms with Crippen molar-refractivity contribution in [3.8, 4) is 5.75 Å². The first-order valence-corrected chi connectivity index (χ1v) is 8.82. The van der Waals surface area contributed by atoms with E-state index >= 15 is 0 Å². The van der Waals surface area contributed by atoms with E-state index in [0.717, 1.165) is 11.4 Å². The Morgan fingerprint density at radius 2 is 2.04 bits per heavy atom. The average molecular weight is 381 g/mol. The zero-order valence-corrected chi connectivity index (χ0v) is 15.9. The summed E-state index contributed by atoms with van der Waals surface area (Å²) in [6.45, 7) is 0.430. The maximum atomic E-state index is 14.1. The molecule has 3 aromatic rings. The molecule has 28 heavy (non-hydrogen) atoms. The molecule has 0 saturated carbocycles. The van der Waals surface area contributed by atoms with Gasteiger partial charge >= 0.3 is 0 Å².